The monoisotopic (exact) mass is 347 g/mol. The third-order valence-electron chi connectivity index (χ3n) is 4.83. The first kappa shape index (κ1) is 19.7. The van der Waals surface area contributed by atoms with Crippen molar-refractivity contribution < 1.29 is 9.90 Å². The molecule has 0 aliphatic carbocycles. The molecule has 0 bridgehead atoms. The minimum Gasteiger partial charge on any atom is -0.396 e. The van der Waals surface area contributed by atoms with Crippen molar-refractivity contribution in [1.29, 1.82) is 0 Å². The van der Waals surface area contributed by atoms with Gasteiger partial charge in [0.2, 0.25) is 0 Å². The van der Waals surface area contributed by atoms with Crippen LogP contribution in [0.3, 0.4) is 0 Å². The lowest BCUT2D eigenvalue weighted by Gasteiger charge is -2.33. The maximum absolute atomic E-state index is 12.1. The highest BCUT2D eigenvalue weighted by Crippen LogP contribution is 2.20. The van der Waals surface area contributed by atoms with E-state index in [1.165, 1.54) is 5.56 Å². The molecular formula is C20H33N3O2. The third kappa shape index (κ3) is 7.45. The summed E-state index contributed by atoms with van der Waals surface area (Å²) in [4.78, 5) is 14.5. The van der Waals surface area contributed by atoms with Gasteiger partial charge in [0.1, 0.15) is 0 Å². The van der Waals surface area contributed by atoms with Crippen LogP contribution in [0.15, 0.2) is 30.3 Å². The molecule has 5 heteroatoms. The molecule has 1 aliphatic heterocycles. The predicted octanol–water partition coefficient (Wildman–Crippen LogP) is 2.75. The summed E-state index contributed by atoms with van der Waals surface area (Å²) in [5.41, 5.74) is 1.25. The summed E-state index contributed by atoms with van der Waals surface area (Å²) in [7, 11) is 0. The molecule has 25 heavy (non-hydrogen) atoms. The molecule has 1 atom stereocenters. The Bertz CT molecular complexity index is 519. The molecule has 0 aromatic heterocycles. The zero-order valence-electron chi connectivity index (χ0n) is 15.6. The molecule has 5 nitrogen and oxygen atoms in total. The number of nitrogens with zero attached hydrogens (tertiary/aromatic N) is 1. The van der Waals surface area contributed by atoms with Crippen LogP contribution in [0.2, 0.25) is 0 Å². The maximum Gasteiger partial charge on any atom is 0.315 e. The van der Waals surface area contributed by atoms with E-state index in [4.69, 9.17) is 0 Å². The number of carbonyl (C=O) groups excluding carboxylic acids is 1. The van der Waals surface area contributed by atoms with Crippen molar-refractivity contribution in [2.75, 3.05) is 26.2 Å². The van der Waals surface area contributed by atoms with Crippen molar-refractivity contribution in [3.63, 3.8) is 0 Å². The standard InChI is InChI=1S/C20H33N3O2/c1-20(2,16-24)11-7-12-21-19(25)22-18-10-6-13-23(15-18)14-17-8-4-3-5-9-17/h3-5,8-9,18,24H,6-7,10-16H2,1-2H3,(H2,21,22,25). The lowest BCUT2D eigenvalue weighted by molar-refractivity contribution is 0.147. The maximum atomic E-state index is 12.1. The van der Waals surface area contributed by atoms with Crippen LogP contribution < -0.4 is 10.6 Å². The summed E-state index contributed by atoms with van der Waals surface area (Å²) in [6, 6.07) is 10.6. The SMILES string of the molecule is CC(C)(CO)CCCNC(=O)NC1CCCN(Cc2ccccc2)C1. The second-order valence-electron chi connectivity index (χ2n) is 7.89. The molecule has 140 valence electrons. The van der Waals surface area contributed by atoms with Gasteiger partial charge in [0.05, 0.1) is 0 Å². The van der Waals surface area contributed by atoms with Crippen LogP contribution in [0.5, 0.6) is 0 Å². The van der Waals surface area contributed by atoms with Crippen LogP contribution in [-0.4, -0.2) is 48.3 Å². The van der Waals surface area contributed by atoms with Crippen molar-refractivity contribution in [3.8, 4) is 0 Å². The van der Waals surface area contributed by atoms with Gasteiger partial charge in [0, 0.05) is 32.3 Å². The average molecular weight is 348 g/mol. The van der Waals surface area contributed by atoms with E-state index in [1.54, 1.807) is 0 Å². The Kier molecular flexibility index (Phi) is 7.72. The normalized spacial score (nSPS) is 18.8. The van der Waals surface area contributed by atoms with Crippen LogP contribution in [0.25, 0.3) is 0 Å². The number of piperidine rings is 1. The van der Waals surface area contributed by atoms with Gasteiger partial charge in [-0.1, -0.05) is 44.2 Å². The molecule has 2 amide bonds. The molecule has 0 saturated carbocycles. The zero-order chi connectivity index (χ0) is 18.1. The second-order valence-corrected chi connectivity index (χ2v) is 7.89. The molecular weight excluding hydrogens is 314 g/mol. The van der Waals surface area contributed by atoms with Gasteiger partial charge in [0.15, 0.2) is 0 Å². The molecule has 1 aliphatic rings. The van der Waals surface area contributed by atoms with Crippen molar-refractivity contribution in [2.45, 2.75) is 52.1 Å². The van der Waals surface area contributed by atoms with Gasteiger partial charge in [-0.25, -0.2) is 4.79 Å². The zero-order valence-corrected chi connectivity index (χ0v) is 15.6. The van der Waals surface area contributed by atoms with E-state index in [2.05, 4.69) is 39.8 Å². The molecule has 1 aromatic carbocycles. The highest BCUT2D eigenvalue weighted by Gasteiger charge is 2.21. The Labute approximate surface area is 151 Å². The number of carbonyl (C=O) groups is 1. The number of aliphatic hydroxyl groups excluding tert-OH is 1. The summed E-state index contributed by atoms with van der Waals surface area (Å²) in [6.45, 7) is 7.84. The average Bonchev–Trinajstić information content (AvgIpc) is 2.60. The van der Waals surface area contributed by atoms with E-state index in [0.29, 0.717) is 6.54 Å². The van der Waals surface area contributed by atoms with Crippen LogP contribution in [-0.2, 0) is 6.54 Å². The van der Waals surface area contributed by atoms with Gasteiger partial charge in [-0.15, -0.1) is 0 Å². The number of benzene rings is 1. The summed E-state index contributed by atoms with van der Waals surface area (Å²) in [5.74, 6) is 0. The van der Waals surface area contributed by atoms with E-state index in [1.807, 2.05) is 19.9 Å². The highest BCUT2D eigenvalue weighted by atomic mass is 16.3. The Balaban J connectivity index is 1.66. The van der Waals surface area contributed by atoms with E-state index < -0.39 is 0 Å². The summed E-state index contributed by atoms with van der Waals surface area (Å²) in [5, 5.41) is 15.3. The van der Waals surface area contributed by atoms with E-state index in [9.17, 15) is 9.90 Å². The smallest absolute Gasteiger partial charge is 0.315 e. The first-order valence-corrected chi connectivity index (χ1v) is 9.40. The van der Waals surface area contributed by atoms with Gasteiger partial charge in [-0.2, -0.15) is 0 Å². The Hall–Kier alpha value is -1.59. The van der Waals surface area contributed by atoms with E-state index in [0.717, 1.165) is 45.3 Å². The molecule has 1 aromatic rings. The lowest BCUT2D eigenvalue weighted by Crippen LogP contribution is -2.50. The Morgan fingerprint density at radius 3 is 2.80 bits per heavy atom. The fourth-order valence-corrected chi connectivity index (χ4v) is 3.24. The predicted molar refractivity (Wildman–Crippen MR) is 101 cm³/mol. The number of hydrogen-bond acceptors (Lipinski definition) is 3. The number of aliphatic hydroxyl groups is 1. The molecule has 0 spiro atoms. The van der Waals surface area contributed by atoms with Crippen molar-refractivity contribution in [3.05, 3.63) is 35.9 Å². The molecule has 3 N–H and O–H groups in total. The van der Waals surface area contributed by atoms with Crippen LogP contribution >= 0.6 is 0 Å². The fraction of sp³-hybridized carbons (Fsp3) is 0.650. The van der Waals surface area contributed by atoms with Crippen LogP contribution in [0.4, 0.5) is 4.79 Å². The summed E-state index contributed by atoms with van der Waals surface area (Å²) >= 11 is 0. The van der Waals surface area contributed by atoms with Gasteiger partial charge in [-0.05, 0) is 43.2 Å². The molecule has 1 saturated heterocycles. The topological polar surface area (TPSA) is 64.6 Å². The molecule has 0 radical (unpaired) electrons. The fourth-order valence-electron chi connectivity index (χ4n) is 3.24. The van der Waals surface area contributed by atoms with Crippen molar-refractivity contribution >= 4 is 6.03 Å². The van der Waals surface area contributed by atoms with Gasteiger partial charge in [-0.3, -0.25) is 4.90 Å². The van der Waals surface area contributed by atoms with Crippen LogP contribution in [0.1, 0.15) is 45.1 Å². The number of hydrogen-bond donors (Lipinski definition) is 3. The first-order valence-electron chi connectivity index (χ1n) is 9.40. The van der Waals surface area contributed by atoms with Crippen LogP contribution in [0, 0.1) is 5.41 Å². The van der Waals surface area contributed by atoms with E-state index in [-0.39, 0.29) is 24.1 Å². The largest absolute Gasteiger partial charge is 0.396 e. The second kappa shape index (κ2) is 9.78. The highest BCUT2D eigenvalue weighted by molar-refractivity contribution is 5.74. The quantitative estimate of drug-likeness (QED) is 0.634. The Morgan fingerprint density at radius 1 is 1.32 bits per heavy atom. The Morgan fingerprint density at radius 2 is 2.08 bits per heavy atom. The van der Waals surface area contributed by atoms with Crippen molar-refractivity contribution in [1.82, 2.24) is 15.5 Å². The van der Waals surface area contributed by atoms with Gasteiger partial charge in [0.25, 0.3) is 0 Å². The summed E-state index contributed by atoms with van der Waals surface area (Å²) in [6.07, 6.45) is 3.93. The first-order chi connectivity index (χ1) is 12.0. The van der Waals surface area contributed by atoms with Gasteiger partial charge >= 0.3 is 6.03 Å². The van der Waals surface area contributed by atoms with E-state index >= 15 is 0 Å². The molecule has 2 rings (SSSR count). The third-order valence-corrected chi connectivity index (χ3v) is 4.83. The number of rotatable bonds is 8. The number of amides is 2. The number of urea groups is 1. The number of nitrogens with one attached hydrogen (secondary N) is 2. The van der Waals surface area contributed by atoms with Crippen molar-refractivity contribution in [2.24, 2.45) is 5.41 Å². The lowest BCUT2D eigenvalue weighted by atomic mass is 9.89. The molecule has 1 heterocycles. The summed E-state index contributed by atoms with van der Waals surface area (Å²) < 4.78 is 0. The minimum absolute atomic E-state index is 0.0700. The van der Waals surface area contributed by atoms with Gasteiger partial charge < -0.3 is 15.7 Å². The minimum atomic E-state index is -0.0756. The number of likely N-dealkylation sites (tertiary alicyclic amines) is 1. The molecule has 1 fully saturated rings. The molecule has 1 unspecified atom stereocenters.